The van der Waals surface area contributed by atoms with Gasteiger partial charge in [0.1, 0.15) is 5.75 Å². The lowest BCUT2D eigenvalue weighted by Gasteiger charge is -2.31. The fourth-order valence-corrected chi connectivity index (χ4v) is 6.12. The Morgan fingerprint density at radius 3 is 2.66 bits per heavy atom. The number of non-ortho nitro benzene ring substituents is 1. The quantitative estimate of drug-likeness (QED) is 0.229. The molecule has 2 fully saturated rings. The summed E-state index contributed by atoms with van der Waals surface area (Å²) >= 11 is 0. The number of phenolic OH excluding ortho intramolecular Hbond substituents is 1. The van der Waals surface area contributed by atoms with Crippen molar-refractivity contribution >= 4 is 29.3 Å². The molecule has 2 heterocycles. The third kappa shape index (κ3) is 4.52. The smallest absolute Gasteiger partial charge is 0.271 e. The Labute approximate surface area is 220 Å². The third-order valence-electron chi connectivity index (χ3n) is 7.98. The number of carbonyl (C=O) groups excluding carboxylic acids is 2. The van der Waals surface area contributed by atoms with Gasteiger partial charge in [-0.05, 0) is 49.0 Å². The molecule has 0 radical (unpaired) electrons. The van der Waals surface area contributed by atoms with E-state index in [-0.39, 0.29) is 54.7 Å². The second kappa shape index (κ2) is 10.5. The molecule has 0 spiro atoms. The fourth-order valence-electron chi connectivity index (χ4n) is 6.12. The van der Waals surface area contributed by atoms with E-state index in [0.29, 0.717) is 12.8 Å². The Morgan fingerprint density at radius 2 is 1.95 bits per heavy atom. The topological polar surface area (TPSA) is 130 Å². The highest BCUT2D eigenvalue weighted by molar-refractivity contribution is 6.22. The van der Waals surface area contributed by atoms with Gasteiger partial charge in [0.2, 0.25) is 11.8 Å². The van der Waals surface area contributed by atoms with Crippen molar-refractivity contribution in [3.63, 3.8) is 0 Å². The Hall–Kier alpha value is -3.82. The number of nitro groups is 1. The van der Waals surface area contributed by atoms with Crippen LogP contribution in [0.5, 0.6) is 5.75 Å². The fraction of sp³-hybridized carbons (Fsp3) is 0.379. The lowest BCUT2D eigenvalue weighted by molar-refractivity contribution is -0.384. The van der Waals surface area contributed by atoms with Crippen LogP contribution in [0.1, 0.15) is 38.2 Å². The zero-order valence-corrected chi connectivity index (χ0v) is 21.1. The predicted octanol–water partition coefficient (Wildman–Crippen LogP) is 4.39. The van der Waals surface area contributed by atoms with Crippen molar-refractivity contribution in [1.82, 2.24) is 0 Å². The minimum atomic E-state index is -0.632. The van der Waals surface area contributed by atoms with E-state index in [2.05, 4.69) is 6.92 Å². The van der Waals surface area contributed by atoms with Crippen LogP contribution in [0.4, 0.5) is 11.4 Å². The van der Waals surface area contributed by atoms with Crippen molar-refractivity contribution in [1.29, 1.82) is 0 Å². The summed E-state index contributed by atoms with van der Waals surface area (Å²) in [6.07, 6.45) is 4.12. The Kier molecular flexibility index (Phi) is 7.14. The molecule has 2 aromatic carbocycles. The van der Waals surface area contributed by atoms with Crippen molar-refractivity contribution < 1.29 is 29.5 Å². The second-order valence-corrected chi connectivity index (χ2v) is 10.0. The number of aliphatic hydroxyl groups is 1. The van der Waals surface area contributed by atoms with Crippen LogP contribution in [-0.4, -0.2) is 46.3 Å². The molecular formula is C29H30N2O7. The maximum absolute atomic E-state index is 13.6. The van der Waals surface area contributed by atoms with E-state index in [9.17, 15) is 29.9 Å². The number of nitro benzene ring substituents is 1. The van der Waals surface area contributed by atoms with Gasteiger partial charge >= 0.3 is 0 Å². The number of benzene rings is 2. The van der Waals surface area contributed by atoms with Crippen LogP contribution in [0, 0.1) is 27.9 Å². The average Bonchev–Trinajstić information content (AvgIpc) is 3.45. The number of nitrogens with zero attached hydrogens (tertiary/aromatic N) is 2. The Morgan fingerprint density at radius 1 is 1.16 bits per heavy atom. The SMILES string of the molecule is CC/C(=C\c1ccccc1O)CC[C@H]1OC[C@H]2C1=C(CO)C[C@H]1C(=O)N(c3cccc([N+](=O)[O-])c3)C(=O)[C@H]12. The highest BCUT2D eigenvalue weighted by Crippen LogP contribution is 2.50. The minimum Gasteiger partial charge on any atom is -0.507 e. The van der Waals surface area contributed by atoms with Gasteiger partial charge in [-0.1, -0.05) is 42.8 Å². The lowest BCUT2D eigenvalue weighted by Crippen LogP contribution is -2.35. The summed E-state index contributed by atoms with van der Waals surface area (Å²) < 4.78 is 6.17. The first-order valence-electron chi connectivity index (χ1n) is 12.9. The standard InChI is InChI=1S/C29H30N2O7/c1-2-17(12-18-6-3-4-9-24(18)33)10-11-25-26-19(15-32)13-22-27(23(26)16-38-25)29(35)30(28(22)34)20-7-5-8-21(14-20)31(36)37/h3-9,12,14,22-23,25,27,32-33H,2,10-11,13,15-16H2,1H3/b17-12+/t22-,23+,25-,27-/m1/s1. The molecule has 198 valence electrons. The van der Waals surface area contributed by atoms with Crippen LogP contribution in [0.25, 0.3) is 6.08 Å². The summed E-state index contributed by atoms with van der Waals surface area (Å²) in [5.41, 5.74) is 3.54. The van der Waals surface area contributed by atoms with E-state index in [1.54, 1.807) is 12.1 Å². The molecule has 1 aliphatic carbocycles. The maximum atomic E-state index is 13.6. The zero-order chi connectivity index (χ0) is 27.0. The first-order valence-corrected chi connectivity index (χ1v) is 12.9. The number of para-hydroxylation sites is 1. The summed E-state index contributed by atoms with van der Waals surface area (Å²) in [6.45, 7) is 2.11. The molecule has 3 aliphatic rings. The molecule has 38 heavy (non-hydrogen) atoms. The van der Waals surface area contributed by atoms with Gasteiger partial charge in [0, 0.05) is 23.6 Å². The number of hydrogen-bond acceptors (Lipinski definition) is 7. The minimum absolute atomic E-state index is 0.188. The van der Waals surface area contributed by atoms with E-state index in [4.69, 9.17) is 4.74 Å². The number of imide groups is 1. The highest BCUT2D eigenvalue weighted by atomic mass is 16.6. The number of aromatic hydroxyl groups is 1. The van der Waals surface area contributed by atoms with Crippen LogP contribution in [0.3, 0.4) is 0 Å². The number of hydrogen-bond donors (Lipinski definition) is 2. The molecule has 4 atom stereocenters. The molecule has 2 N–H and O–H groups in total. The molecule has 0 saturated carbocycles. The zero-order valence-electron chi connectivity index (χ0n) is 21.1. The summed E-state index contributed by atoms with van der Waals surface area (Å²) in [5.74, 6) is -2.14. The maximum Gasteiger partial charge on any atom is 0.271 e. The van der Waals surface area contributed by atoms with Crippen molar-refractivity contribution in [2.45, 2.75) is 38.7 Å². The number of amides is 2. The average molecular weight is 519 g/mol. The van der Waals surface area contributed by atoms with Crippen LogP contribution in [-0.2, 0) is 14.3 Å². The first-order chi connectivity index (χ1) is 18.3. The molecule has 9 nitrogen and oxygen atoms in total. The number of allylic oxidation sites excluding steroid dienone is 1. The Bertz CT molecular complexity index is 1350. The van der Waals surface area contributed by atoms with Crippen LogP contribution >= 0.6 is 0 Å². The molecule has 5 rings (SSSR count). The number of ether oxygens (including phenoxy) is 1. The van der Waals surface area contributed by atoms with Gasteiger partial charge in [-0.3, -0.25) is 19.7 Å². The number of rotatable bonds is 8. The third-order valence-corrected chi connectivity index (χ3v) is 7.98. The van der Waals surface area contributed by atoms with Crippen molar-refractivity contribution in [3.8, 4) is 5.75 Å². The monoisotopic (exact) mass is 518 g/mol. The van der Waals surface area contributed by atoms with Gasteiger partial charge in [-0.15, -0.1) is 0 Å². The molecule has 0 bridgehead atoms. The molecule has 2 aromatic rings. The van der Waals surface area contributed by atoms with Gasteiger partial charge < -0.3 is 14.9 Å². The van der Waals surface area contributed by atoms with Crippen molar-refractivity contribution in [2.24, 2.45) is 17.8 Å². The summed E-state index contributed by atoms with van der Waals surface area (Å²) in [6, 6.07) is 12.7. The van der Waals surface area contributed by atoms with E-state index in [1.807, 2.05) is 18.2 Å². The summed E-state index contributed by atoms with van der Waals surface area (Å²) in [7, 11) is 0. The number of phenols is 1. The van der Waals surface area contributed by atoms with E-state index >= 15 is 0 Å². The number of aliphatic hydroxyl groups excluding tert-OH is 1. The highest BCUT2D eigenvalue weighted by Gasteiger charge is 2.57. The second-order valence-electron chi connectivity index (χ2n) is 10.0. The van der Waals surface area contributed by atoms with Crippen LogP contribution < -0.4 is 4.90 Å². The molecule has 2 amide bonds. The molecule has 0 unspecified atom stereocenters. The van der Waals surface area contributed by atoms with Gasteiger partial charge in [-0.2, -0.15) is 0 Å². The lowest BCUT2D eigenvalue weighted by atomic mass is 9.69. The largest absolute Gasteiger partial charge is 0.507 e. The van der Waals surface area contributed by atoms with E-state index in [0.717, 1.165) is 33.6 Å². The van der Waals surface area contributed by atoms with Gasteiger partial charge in [0.15, 0.2) is 0 Å². The molecule has 2 saturated heterocycles. The van der Waals surface area contributed by atoms with Crippen LogP contribution in [0.15, 0.2) is 65.3 Å². The van der Waals surface area contributed by atoms with Gasteiger partial charge in [-0.25, -0.2) is 4.90 Å². The predicted molar refractivity (Wildman–Crippen MR) is 140 cm³/mol. The summed E-state index contributed by atoms with van der Waals surface area (Å²) in [5, 5.41) is 31.6. The normalized spacial score (nSPS) is 25.1. The molecule has 2 aliphatic heterocycles. The van der Waals surface area contributed by atoms with Crippen molar-refractivity contribution in [3.05, 3.63) is 80.9 Å². The van der Waals surface area contributed by atoms with Gasteiger partial charge in [0.05, 0.1) is 41.8 Å². The van der Waals surface area contributed by atoms with Crippen LogP contribution in [0.2, 0.25) is 0 Å². The molecular weight excluding hydrogens is 488 g/mol. The van der Waals surface area contributed by atoms with E-state index in [1.165, 1.54) is 24.3 Å². The summed E-state index contributed by atoms with van der Waals surface area (Å²) in [4.78, 5) is 38.7. The molecule has 0 aromatic heterocycles. The van der Waals surface area contributed by atoms with E-state index < -0.39 is 22.7 Å². The first kappa shape index (κ1) is 25.8. The van der Waals surface area contributed by atoms with Gasteiger partial charge in [0.25, 0.3) is 5.69 Å². The number of fused-ring (bicyclic) bond motifs is 3. The molecule has 9 heteroatoms. The number of carbonyl (C=O) groups is 2. The Balaban J connectivity index is 1.38. The number of anilines is 1. The van der Waals surface area contributed by atoms with Crippen molar-refractivity contribution in [2.75, 3.05) is 18.1 Å².